The van der Waals surface area contributed by atoms with Crippen molar-refractivity contribution in [2.24, 2.45) is 11.8 Å². The lowest BCUT2D eigenvalue weighted by molar-refractivity contribution is -0.137. The predicted octanol–water partition coefficient (Wildman–Crippen LogP) is 4.50. The van der Waals surface area contributed by atoms with Crippen LogP contribution in [0.1, 0.15) is 56.8 Å². The first-order chi connectivity index (χ1) is 14.2. The number of aromatic amines is 1. The average Bonchev–Trinajstić information content (AvgIpc) is 3.21. The van der Waals surface area contributed by atoms with Crippen LogP contribution in [0.5, 0.6) is 0 Å². The molecule has 0 saturated heterocycles. The number of nitrogens with zero attached hydrogens (tertiary/aromatic N) is 1. The van der Waals surface area contributed by atoms with Crippen LogP contribution in [0.15, 0.2) is 30.5 Å². The number of carbonyl (C=O) groups excluding carboxylic acids is 1. The number of hydrogen-bond donors (Lipinski definition) is 3. The molecule has 1 atom stereocenters. The molecule has 1 aliphatic carbocycles. The Labute approximate surface area is 174 Å². The summed E-state index contributed by atoms with van der Waals surface area (Å²) < 4.78 is 38.9. The summed E-state index contributed by atoms with van der Waals surface area (Å²) in [5, 5.41) is 12.3. The molecular weight excluding hydrogens is 395 g/mol. The minimum absolute atomic E-state index is 0.0229. The average molecular weight is 423 g/mol. The lowest BCUT2D eigenvalue weighted by Crippen LogP contribution is -2.44. The van der Waals surface area contributed by atoms with E-state index in [0.717, 1.165) is 30.8 Å². The van der Waals surface area contributed by atoms with Crippen molar-refractivity contribution in [1.82, 2.24) is 15.3 Å². The third-order valence-electron chi connectivity index (χ3n) is 5.91. The van der Waals surface area contributed by atoms with Crippen molar-refractivity contribution >= 4 is 5.91 Å². The first-order valence-corrected chi connectivity index (χ1v) is 10.3. The standard InChI is InChI=1S/C22H28F3N3O2/c1-13(2)19(12-29)28-21(30)15-8-6-14(7-9-15)20-26-11-18(27-20)16-4-3-5-17(10-16)22(23,24)25/h3-5,10-11,13-15,19,29H,6-9,12H2,1-2H3,(H,26,27)(H,28,30). The van der Waals surface area contributed by atoms with E-state index in [2.05, 4.69) is 15.3 Å². The number of H-pyrrole nitrogens is 1. The molecule has 1 aliphatic rings. The Morgan fingerprint density at radius 3 is 2.57 bits per heavy atom. The fourth-order valence-corrected chi connectivity index (χ4v) is 3.91. The topological polar surface area (TPSA) is 78.0 Å². The molecule has 1 heterocycles. The van der Waals surface area contributed by atoms with E-state index < -0.39 is 11.7 Å². The molecule has 1 fully saturated rings. The Balaban J connectivity index is 1.61. The molecule has 3 rings (SSSR count). The van der Waals surface area contributed by atoms with Crippen molar-refractivity contribution in [3.63, 3.8) is 0 Å². The number of halogens is 3. The number of aliphatic hydroxyl groups excluding tert-OH is 1. The van der Waals surface area contributed by atoms with Gasteiger partial charge in [0.25, 0.3) is 0 Å². The number of benzene rings is 1. The largest absolute Gasteiger partial charge is 0.416 e. The molecule has 1 saturated carbocycles. The summed E-state index contributed by atoms with van der Waals surface area (Å²) in [7, 11) is 0. The van der Waals surface area contributed by atoms with Gasteiger partial charge in [0.1, 0.15) is 5.82 Å². The van der Waals surface area contributed by atoms with E-state index in [0.29, 0.717) is 24.1 Å². The highest BCUT2D eigenvalue weighted by Gasteiger charge is 2.31. The van der Waals surface area contributed by atoms with Crippen LogP contribution in [0.3, 0.4) is 0 Å². The lowest BCUT2D eigenvalue weighted by Gasteiger charge is -2.29. The zero-order valence-corrected chi connectivity index (χ0v) is 17.2. The van der Waals surface area contributed by atoms with Crippen molar-refractivity contribution in [3.05, 3.63) is 41.9 Å². The molecule has 0 aliphatic heterocycles. The maximum atomic E-state index is 13.0. The number of imidazole rings is 1. The first kappa shape index (κ1) is 22.3. The second-order valence-corrected chi connectivity index (χ2v) is 8.35. The van der Waals surface area contributed by atoms with Gasteiger partial charge in [-0.05, 0) is 43.7 Å². The number of carbonyl (C=O) groups is 1. The normalized spacial score (nSPS) is 20.9. The Bertz CT molecular complexity index is 855. The van der Waals surface area contributed by atoms with E-state index in [4.69, 9.17) is 0 Å². The maximum Gasteiger partial charge on any atom is 0.416 e. The number of alkyl halides is 3. The lowest BCUT2D eigenvalue weighted by atomic mass is 9.81. The van der Waals surface area contributed by atoms with Gasteiger partial charge in [-0.3, -0.25) is 4.79 Å². The second-order valence-electron chi connectivity index (χ2n) is 8.35. The Kier molecular flexibility index (Phi) is 6.85. The molecule has 0 bridgehead atoms. The molecule has 0 spiro atoms. The van der Waals surface area contributed by atoms with Gasteiger partial charge < -0.3 is 15.4 Å². The minimum Gasteiger partial charge on any atom is -0.394 e. The summed E-state index contributed by atoms with van der Waals surface area (Å²) in [4.78, 5) is 20.0. The van der Waals surface area contributed by atoms with Crippen molar-refractivity contribution in [2.75, 3.05) is 6.61 Å². The molecule has 0 radical (unpaired) electrons. The molecule has 30 heavy (non-hydrogen) atoms. The van der Waals surface area contributed by atoms with Crippen LogP contribution in [0.2, 0.25) is 0 Å². The van der Waals surface area contributed by atoms with Crippen molar-refractivity contribution < 1.29 is 23.1 Å². The highest BCUT2D eigenvalue weighted by Crippen LogP contribution is 2.36. The predicted molar refractivity (Wildman–Crippen MR) is 108 cm³/mol. The number of amides is 1. The molecule has 8 heteroatoms. The SMILES string of the molecule is CC(C)C(CO)NC(=O)C1CCC(c2ncc(-c3cccc(C(F)(F)F)c3)[nH]2)CC1. The van der Waals surface area contributed by atoms with Gasteiger partial charge in [-0.15, -0.1) is 0 Å². The van der Waals surface area contributed by atoms with Crippen molar-refractivity contribution in [2.45, 2.75) is 57.7 Å². The number of nitrogens with one attached hydrogen (secondary N) is 2. The summed E-state index contributed by atoms with van der Waals surface area (Å²) in [5.74, 6) is 0.939. The molecular formula is C22H28F3N3O2. The summed E-state index contributed by atoms with van der Waals surface area (Å²) in [5.41, 5.74) is 0.310. The number of hydrogen-bond acceptors (Lipinski definition) is 3. The minimum atomic E-state index is -4.39. The quantitative estimate of drug-likeness (QED) is 0.640. The third kappa shape index (κ3) is 5.22. The summed E-state index contributed by atoms with van der Waals surface area (Å²) >= 11 is 0. The Hall–Kier alpha value is -2.35. The zero-order valence-electron chi connectivity index (χ0n) is 17.2. The van der Waals surface area contributed by atoms with Gasteiger partial charge in [-0.25, -0.2) is 4.98 Å². The number of rotatable bonds is 6. The van der Waals surface area contributed by atoms with E-state index in [1.165, 1.54) is 6.07 Å². The van der Waals surface area contributed by atoms with Gasteiger partial charge in [0.2, 0.25) is 5.91 Å². The van der Waals surface area contributed by atoms with Crippen molar-refractivity contribution in [3.8, 4) is 11.3 Å². The number of aromatic nitrogens is 2. The summed E-state index contributed by atoms with van der Waals surface area (Å²) in [6, 6.07) is 4.94. The van der Waals surface area contributed by atoms with Gasteiger partial charge in [0, 0.05) is 17.4 Å². The van der Waals surface area contributed by atoms with Gasteiger partial charge in [-0.2, -0.15) is 13.2 Å². The van der Waals surface area contributed by atoms with E-state index in [9.17, 15) is 23.1 Å². The van der Waals surface area contributed by atoms with Crippen LogP contribution in [0, 0.1) is 11.8 Å². The summed E-state index contributed by atoms with van der Waals surface area (Å²) in [6.07, 6.45) is 0.164. The van der Waals surface area contributed by atoms with E-state index >= 15 is 0 Å². The maximum absolute atomic E-state index is 13.0. The van der Waals surface area contributed by atoms with Gasteiger partial charge in [-0.1, -0.05) is 26.0 Å². The molecule has 2 aromatic rings. The molecule has 1 amide bonds. The molecule has 164 valence electrons. The molecule has 1 aromatic carbocycles. The highest BCUT2D eigenvalue weighted by molar-refractivity contribution is 5.79. The van der Waals surface area contributed by atoms with Crippen LogP contribution in [0.25, 0.3) is 11.3 Å². The fraction of sp³-hybridized carbons (Fsp3) is 0.545. The second kappa shape index (κ2) is 9.20. The third-order valence-corrected chi connectivity index (χ3v) is 5.91. The van der Waals surface area contributed by atoms with Crippen LogP contribution in [-0.2, 0) is 11.0 Å². The molecule has 5 nitrogen and oxygen atoms in total. The zero-order chi connectivity index (χ0) is 21.9. The first-order valence-electron chi connectivity index (χ1n) is 10.3. The van der Waals surface area contributed by atoms with Crippen LogP contribution in [-0.4, -0.2) is 33.6 Å². The molecule has 1 unspecified atom stereocenters. The molecule has 1 aromatic heterocycles. The van der Waals surface area contributed by atoms with E-state index in [1.807, 2.05) is 13.8 Å². The van der Waals surface area contributed by atoms with Gasteiger partial charge in [0.05, 0.1) is 30.1 Å². The van der Waals surface area contributed by atoms with Crippen LogP contribution >= 0.6 is 0 Å². The number of aliphatic hydroxyl groups is 1. The van der Waals surface area contributed by atoms with E-state index in [1.54, 1.807) is 12.3 Å². The highest BCUT2D eigenvalue weighted by atomic mass is 19.4. The van der Waals surface area contributed by atoms with Gasteiger partial charge >= 0.3 is 6.18 Å². The van der Waals surface area contributed by atoms with Crippen LogP contribution in [0.4, 0.5) is 13.2 Å². The molecule has 3 N–H and O–H groups in total. The summed E-state index contributed by atoms with van der Waals surface area (Å²) in [6.45, 7) is 3.83. The Morgan fingerprint density at radius 2 is 1.97 bits per heavy atom. The Morgan fingerprint density at radius 1 is 1.27 bits per heavy atom. The van der Waals surface area contributed by atoms with E-state index in [-0.39, 0.29) is 36.3 Å². The monoisotopic (exact) mass is 423 g/mol. The fourth-order valence-electron chi connectivity index (χ4n) is 3.91. The smallest absolute Gasteiger partial charge is 0.394 e. The van der Waals surface area contributed by atoms with Crippen LogP contribution < -0.4 is 5.32 Å². The van der Waals surface area contributed by atoms with Gasteiger partial charge in [0.15, 0.2) is 0 Å². The van der Waals surface area contributed by atoms with Crippen molar-refractivity contribution in [1.29, 1.82) is 0 Å².